The molecule has 11 heteroatoms. The molecule has 0 fully saturated rings. The molecule has 0 bridgehead atoms. The Hall–Kier alpha value is -3.34. The van der Waals surface area contributed by atoms with Crippen molar-refractivity contribution in [1.29, 1.82) is 0 Å². The average Bonchev–Trinajstić information content (AvgIpc) is 2.80. The lowest BCUT2D eigenvalue weighted by Crippen LogP contribution is -2.60. The maximum atomic E-state index is 13.8. The van der Waals surface area contributed by atoms with Gasteiger partial charge in [-0.15, -0.1) is 0 Å². The van der Waals surface area contributed by atoms with Crippen LogP contribution in [0.1, 0.15) is 72.9 Å². The maximum absolute atomic E-state index is 13.8. The number of carbonyl (C=O) groups excluding carboxylic acids is 4. The van der Waals surface area contributed by atoms with E-state index < -0.39 is 53.7 Å². The minimum absolute atomic E-state index is 0.0274. The molecule has 37 heavy (non-hydrogen) atoms. The molecule has 0 heterocycles. The quantitative estimate of drug-likeness (QED) is 0.305. The van der Waals surface area contributed by atoms with Gasteiger partial charge in [-0.2, -0.15) is 0 Å². The highest BCUT2D eigenvalue weighted by atomic mass is 16.6. The topological polar surface area (TPSA) is 154 Å². The first kappa shape index (κ1) is 31.7. The van der Waals surface area contributed by atoms with Crippen molar-refractivity contribution >= 4 is 23.9 Å². The van der Waals surface area contributed by atoms with Gasteiger partial charge in [0.15, 0.2) is 0 Å². The van der Waals surface area contributed by atoms with Crippen LogP contribution in [0.5, 0.6) is 5.75 Å². The summed E-state index contributed by atoms with van der Waals surface area (Å²) < 4.78 is 10.1. The molecule has 4 N–H and O–H groups in total. The smallest absolute Gasteiger partial charge is 0.408 e. The Morgan fingerprint density at radius 2 is 1.62 bits per heavy atom. The van der Waals surface area contributed by atoms with Crippen molar-refractivity contribution in [2.45, 2.75) is 84.5 Å². The largest absolute Gasteiger partial charge is 0.508 e. The summed E-state index contributed by atoms with van der Waals surface area (Å²) in [7, 11) is 0. The number of phenolic OH excluding ortho intramolecular Hbond substituents is 1. The number of hydrogen-bond donors (Lipinski definition) is 4. The molecule has 0 aliphatic heterocycles. The van der Waals surface area contributed by atoms with E-state index >= 15 is 0 Å². The lowest BCUT2D eigenvalue weighted by molar-refractivity contribution is -0.150. The number of rotatable bonds is 12. The summed E-state index contributed by atoms with van der Waals surface area (Å²) in [6.45, 7) is 11.5. The summed E-state index contributed by atoms with van der Waals surface area (Å²) >= 11 is 0. The fourth-order valence-corrected chi connectivity index (χ4v) is 3.44. The van der Waals surface area contributed by atoms with E-state index in [1.165, 1.54) is 29.2 Å². The van der Waals surface area contributed by atoms with E-state index in [1.54, 1.807) is 41.5 Å². The summed E-state index contributed by atoms with van der Waals surface area (Å²) in [5.41, 5.74) is -1.36. The highest BCUT2D eigenvalue weighted by Crippen LogP contribution is 2.32. The second kappa shape index (κ2) is 13.8. The molecule has 0 saturated carbocycles. The molecule has 1 aromatic carbocycles. The third-order valence-corrected chi connectivity index (χ3v) is 5.58. The molecule has 2 unspecified atom stereocenters. The van der Waals surface area contributed by atoms with Crippen LogP contribution >= 0.6 is 0 Å². The lowest BCUT2D eigenvalue weighted by Gasteiger charge is -2.44. The minimum atomic E-state index is -1.40. The van der Waals surface area contributed by atoms with Crippen molar-refractivity contribution in [2.24, 2.45) is 0 Å². The molecule has 0 aliphatic rings. The summed E-state index contributed by atoms with van der Waals surface area (Å²) in [5.74, 6) is -1.80. The number of benzene rings is 1. The zero-order valence-corrected chi connectivity index (χ0v) is 22.8. The molecule has 1 aromatic rings. The summed E-state index contributed by atoms with van der Waals surface area (Å²) in [4.78, 5) is 52.7. The van der Waals surface area contributed by atoms with Gasteiger partial charge in [-0.1, -0.05) is 19.1 Å². The summed E-state index contributed by atoms with van der Waals surface area (Å²) in [6, 6.07) is 3.18. The SMILES string of the molecule is CCOC(=O)CCNC(=O)C(c1ccc(O)cc1)N(C(=O)C(CO)NC(=O)OC(C)(C)C)C(C)(C)CC. The van der Waals surface area contributed by atoms with Crippen LogP contribution in [0.2, 0.25) is 0 Å². The normalized spacial score (nSPS) is 13.2. The van der Waals surface area contributed by atoms with Crippen LogP contribution in [0.15, 0.2) is 24.3 Å². The van der Waals surface area contributed by atoms with E-state index in [9.17, 15) is 29.4 Å². The van der Waals surface area contributed by atoms with E-state index in [0.29, 0.717) is 12.0 Å². The maximum Gasteiger partial charge on any atom is 0.408 e. The Kier molecular flexibility index (Phi) is 11.8. The highest BCUT2D eigenvalue weighted by molar-refractivity contribution is 5.93. The Morgan fingerprint density at radius 3 is 2.11 bits per heavy atom. The number of alkyl carbamates (subject to hydrolysis) is 1. The standard InChI is InChI=1S/C26H41N3O8/c1-8-26(6,7)29(23(34)19(16-30)28-24(35)37-25(3,4)5)21(17-10-12-18(31)13-11-17)22(33)27-15-14-20(32)36-9-2/h10-13,19,21,30-31H,8-9,14-16H2,1-7H3,(H,27,33)(H,28,35). The van der Waals surface area contributed by atoms with Gasteiger partial charge in [0.2, 0.25) is 11.8 Å². The first-order valence-electron chi connectivity index (χ1n) is 12.3. The van der Waals surface area contributed by atoms with Crippen LogP contribution in [0.3, 0.4) is 0 Å². The zero-order valence-electron chi connectivity index (χ0n) is 22.8. The number of aliphatic hydroxyl groups excluding tert-OH is 1. The molecule has 1 rings (SSSR count). The number of nitrogens with one attached hydrogen (secondary N) is 2. The van der Waals surface area contributed by atoms with E-state index in [2.05, 4.69) is 10.6 Å². The number of phenols is 1. The number of carbonyl (C=O) groups is 4. The van der Waals surface area contributed by atoms with Gasteiger partial charge in [0.25, 0.3) is 0 Å². The van der Waals surface area contributed by atoms with Gasteiger partial charge in [-0.25, -0.2) is 4.79 Å². The van der Waals surface area contributed by atoms with Gasteiger partial charge < -0.3 is 35.2 Å². The van der Waals surface area contributed by atoms with Crippen molar-refractivity contribution in [3.8, 4) is 5.75 Å². The van der Waals surface area contributed by atoms with E-state index in [1.807, 2.05) is 6.92 Å². The molecule has 0 aromatic heterocycles. The van der Waals surface area contributed by atoms with E-state index in [-0.39, 0.29) is 25.3 Å². The van der Waals surface area contributed by atoms with Crippen LogP contribution < -0.4 is 10.6 Å². The number of hydrogen-bond acceptors (Lipinski definition) is 8. The number of ether oxygens (including phenoxy) is 2. The number of aromatic hydroxyl groups is 1. The third kappa shape index (κ3) is 9.91. The van der Waals surface area contributed by atoms with Gasteiger partial charge >= 0.3 is 12.1 Å². The minimum Gasteiger partial charge on any atom is -0.508 e. The molecular weight excluding hydrogens is 482 g/mol. The van der Waals surface area contributed by atoms with Gasteiger partial charge in [-0.3, -0.25) is 14.4 Å². The fraction of sp³-hybridized carbons (Fsp3) is 0.615. The van der Waals surface area contributed by atoms with Crippen molar-refractivity contribution in [3.63, 3.8) is 0 Å². The molecule has 0 spiro atoms. The molecule has 11 nitrogen and oxygen atoms in total. The first-order chi connectivity index (χ1) is 17.2. The van der Waals surface area contributed by atoms with Crippen LogP contribution in [-0.2, 0) is 23.9 Å². The number of amides is 3. The molecule has 0 saturated heterocycles. The second-order valence-corrected chi connectivity index (χ2v) is 10.1. The summed E-state index contributed by atoms with van der Waals surface area (Å²) in [5, 5.41) is 24.8. The Labute approximate surface area is 218 Å². The van der Waals surface area contributed by atoms with E-state index in [0.717, 1.165) is 0 Å². The zero-order chi connectivity index (χ0) is 28.4. The predicted octanol–water partition coefficient (Wildman–Crippen LogP) is 2.41. The third-order valence-electron chi connectivity index (χ3n) is 5.58. The molecular formula is C26H41N3O8. The number of nitrogens with zero attached hydrogens (tertiary/aromatic N) is 1. The molecule has 3 amide bonds. The second-order valence-electron chi connectivity index (χ2n) is 10.1. The van der Waals surface area contributed by atoms with E-state index in [4.69, 9.17) is 9.47 Å². The van der Waals surface area contributed by atoms with Gasteiger partial charge in [0, 0.05) is 12.1 Å². The van der Waals surface area contributed by atoms with Crippen molar-refractivity contribution in [1.82, 2.24) is 15.5 Å². The molecule has 0 radical (unpaired) electrons. The van der Waals surface area contributed by atoms with Crippen molar-refractivity contribution in [2.75, 3.05) is 19.8 Å². The number of aliphatic hydroxyl groups is 1. The first-order valence-corrected chi connectivity index (χ1v) is 12.3. The number of esters is 1. The van der Waals surface area contributed by atoms with Gasteiger partial charge in [0.1, 0.15) is 23.4 Å². The predicted molar refractivity (Wildman–Crippen MR) is 137 cm³/mol. The molecule has 0 aliphatic carbocycles. The monoisotopic (exact) mass is 523 g/mol. The highest BCUT2D eigenvalue weighted by Gasteiger charge is 2.43. The van der Waals surface area contributed by atoms with Crippen LogP contribution in [0, 0.1) is 0 Å². The summed E-state index contributed by atoms with van der Waals surface area (Å²) in [6.07, 6.45) is -0.533. The Morgan fingerprint density at radius 1 is 1.03 bits per heavy atom. The molecule has 208 valence electrons. The van der Waals surface area contributed by atoms with Gasteiger partial charge in [0.05, 0.1) is 19.6 Å². The molecule has 2 atom stereocenters. The Bertz CT molecular complexity index is 925. The fourth-order valence-electron chi connectivity index (χ4n) is 3.44. The average molecular weight is 524 g/mol. The van der Waals surface area contributed by atoms with Crippen molar-refractivity contribution < 1.29 is 38.9 Å². The van der Waals surface area contributed by atoms with Crippen LogP contribution in [0.4, 0.5) is 4.79 Å². The van der Waals surface area contributed by atoms with Crippen molar-refractivity contribution in [3.05, 3.63) is 29.8 Å². The van der Waals surface area contributed by atoms with Gasteiger partial charge in [-0.05, 0) is 65.7 Å². The van der Waals surface area contributed by atoms with Crippen LogP contribution in [-0.4, -0.2) is 75.9 Å². The van der Waals surface area contributed by atoms with Crippen LogP contribution in [0.25, 0.3) is 0 Å². The Balaban J connectivity index is 3.43. The lowest BCUT2D eigenvalue weighted by atomic mass is 9.92.